The molecule has 0 aliphatic heterocycles. The van der Waals surface area contributed by atoms with E-state index in [-0.39, 0.29) is 5.75 Å². The Morgan fingerprint density at radius 2 is 2.08 bits per heavy atom. The smallest absolute Gasteiger partial charge is 0.124 e. The van der Waals surface area contributed by atoms with Gasteiger partial charge in [-0.1, -0.05) is 25.1 Å². The highest BCUT2D eigenvalue weighted by Crippen LogP contribution is 2.21. The Balaban J connectivity index is 3.11. The molecule has 2 N–H and O–H groups in total. The number of nitrogens with zero attached hydrogens (tertiary/aromatic N) is 1. The first-order valence-corrected chi connectivity index (χ1v) is 4.15. The van der Waals surface area contributed by atoms with Crippen molar-refractivity contribution in [3.63, 3.8) is 0 Å². The Kier molecular flexibility index (Phi) is 2.90. The molecule has 1 aromatic rings. The van der Waals surface area contributed by atoms with Gasteiger partial charge in [0.1, 0.15) is 5.75 Å². The van der Waals surface area contributed by atoms with E-state index in [4.69, 9.17) is 5.21 Å². The molecule has 1 rings (SSSR count). The van der Waals surface area contributed by atoms with Gasteiger partial charge in [0.25, 0.3) is 0 Å². The fraction of sp³-hybridized carbons (Fsp3) is 0.300. The molecule has 0 amide bonds. The fourth-order valence-electron chi connectivity index (χ4n) is 1.10. The van der Waals surface area contributed by atoms with Crippen molar-refractivity contribution >= 4 is 6.21 Å². The minimum atomic E-state index is 0.127. The molecular formula is C10H13NO2. The van der Waals surface area contributed by atoms with Crippen molar-refractivity contribution in [2.24, 2.45) is 5.16 Å². The predicted octanol–water partition coefficient (Wildman–Crippen LogP) is 2.32. The third-order valence-electron chi connectivity index (χ3n) is 1.92. The Morgan fingerprint density at radius 3 is 2.62 bits per heavy atom. The van der Waals surface area contributed by atoms with Crippen LogP contribution in [0.15, 0.2) is 23.4 Å². The highest BCUT2D eigenvalue weighted by Gasteiger charge is 2.03. The van der Waals surface area contributed by atoms with E-state index < -0.39 is 0 Å². The number of phenolic OH excluding ortho intramolecular Hbond substituents is 1. The minimum absolute atomic E-state index is 0.127. The zero-order chi connectivity index (χ0) is 9.84. The van der Waals surface area contributed by atoms with Crippen LogP contribution in [0.5, 0.6) is 5.75 Å². The molecule has 70 valence electrons. The summed E-state index contributed by atoms with van der Waals surface area (Å²) in [5.74, 6) is 0.522. The average Bonchev–Trinajstić information content (AvgIpc) is 2.08. The number of aromatic hydroxyl groups is 1. The molecule has 0 aliphatic rings. The van der Waals surface area contributed by atoms with E-state index in [9.17, 15) is 5.11 Å². The monoisotopic (exact) mass is 179 g/mol. The van der Waals surface area contributed by atoms with Crippen LogP contribution in [0, 0.1) is 0 Å². The molecule has 0 fully saturated rings. The molecule has 0 unspecified atom stereocenters. The van der Waals surface area contributed by atoms with Crippen LogP contribution in [0.25, 0.3) is 0 Å². The predicted molar refractivity (Wildman–Crippen MR) is 51.6 cm³/mol. The Labute approximate surface area is 77.3 Å². The normalized spacial score (nSPS) is 11.3. The molecule has 0 aliphatic carbocycles. The van der Waals surface area contributed by atoms with E-state index in [1.54, 1.807) is 12.1 Å². The summed E-state index contributed by atoms with van der Waals surface area (Å²) in [6.07, 6.45) is 1.22. The highest BCUT2D eigenvalue weighted by atomic mass is 16.4. The molecule has 3 nitrogen and oxygen atoms in total. The second-order valence-corrected chi connectivity index (χ2v) is 3.22. The van der Waals surface area contributed by atoms with Gasteiger partial charge >= 0.3 is 0 Å². The van der Waals surface area contributed by atoms with E-state index >= 15 is 0 Å². The number of hydrogen-bond donors (Lipinski definition) is 2. The van der Waals surface area contributed by atoms with Crippen LogP contribution >= 0.6 is 0 Å². The summed E-state index contributed by atoms with van der Waals surface area (Å²) >= 11 is 0. The molecule has 0 radical (unpaired) electrons. The molecule has 0 atom stereocenters. The van der Waals surface area contributed by atoms with E-state index in [2.05, 4.69) is 19.0 Å². The molecule has 0 bridgehead atoms. The maximum Gasteiger partial charge on any atom is 0.124 e. The second-order valence-electron chi connectivity index (χ2n) is 3.22. The van der Waals surface area contributed by atoms with Gasteiger partial charge in [-0.2, -0.15) is 0 Å². The molecule has 1 aromatic carbocycles. The van der Waals surface area contributed by atoms with Gasteiger partial charge in [0.05, 0.1) is 6.21 Å². The zero-order valence-corrected chi connectivity index (χ0v) is 7.73. The number of rotatable bonds is 2. The van der Waals surface area contributed by atoms with Gasteiger partial charge in [-0.05, 0) is 23.6 Å². The van der Waals surface area contributed by atoms with Crippen molar-refractivity contribution in [3.05, 3.63) is 29.3 Å². The van der Waals surface area contributed by atoms with E-state index in [1.807, 2.05) is 6.07 Å². The first kappa shape index (κ1) is 9.58. The zero-order valence-electron chi connectivity index (χ0n) is 7.73. The summed E-state index contributed by atoms with van der Waals surface area (Å²) in [7, 11) is 0. The lowest BCUT2D eigenvalue weighted by Gasteiger charge is -2.06. The van der Waals surface area contributed by atoms with Gasteiger partial charge < -0.3 is 10.3 Å². The van der Waals surface area contributed by atoms with Crippen molar-refractivity contribution in [2.75, 3.05) is 0 Å². The van der Waals surface area contributed by atoms with Gasteiger partial charge in [-0.15, -0.1) is 0 Å². The van der Waals surface area contributed by atoms with Crippen molar-refractivity contribution < 1.29 is 10.3 Å². The third kappa shape index (κ3) is 2.21. The summed E-state index contributed by atoms with van der Waals surface area (Å²) in [6.45, 7) is 4.12. The Morgan fingerprint density at radius 1 is 1.38 bits per heavy atom. The quantitative estimate of drug-likeness (QED) is 0.416. The SMILES string of the molecule is CC(C)c1ccc(O)c(/C=N/O)c1. The number of oxime groups is 1. The van der Waals surface area contributed by atoms with Gasteiger partial charge in [-0.3, -0.25) is 0 Å². The fourth-order valence-corrected chi connectivity index (χ4v) is 1.10. The summed E-state index contributed by atoms with van der Waals surface area (Å²) in [4.78, 5) is 0. The van der Waals surface area contributed by atoms with Gasteiger partial charge in [0, 0.05) is 5.56 Å². The minimum Gasteiger partial charge on any atom is -0.507 e. The maximum atomic E-state index is 9.35. The number of benzene rings is 1. The Bertz CT molecular complexity index is 319. The lowest BCUT2D eigenvalue weighted by atomic mass is 10.0. The van der Waals surface area contributed by atoms with Gasteiger partial charge in [0.2, 0.25) is 0 Å². The van der Waals surface area contributed by atoms with Crippen LogP contribution in [-0.2, 0) is 0 Å². The van der Waals surface area contributed by atoms with E-state index in [0.29, 0.717) is 11.5 Å². The molecular weight excluding hydrogens is 166 g/mol. The Hall–Kier alpha value is -1.51. The summed E-state index contributed by atoms with van der Waals surface area (Å²) in [6, 6.07) is 5.26. The first-order valence-electron chi connectivity index (χ1n) is 4.15. The second kappa shape index (κ2) is 3.94. The van der Waals surface area contributed by atoms with Crippen LogP contribution in [0.3, 0.4) is 0 Å². The molecule has 0 saturated carbocycles. The summed E-state index contributed by atoms with van der Waals surface area (Å²) in [5.41, 5.74) is 1.64. The number of phenols is 1. The van der Waals surface area contributed by atoms with Gasteiger partial charge in [0.15, 0.2) is 0 Å². The highest BCUT2D eigenvalue weighted by molar-refractivity contribution is 5.83. The lowest BCUT2D eigenvalue weighted by molar-refractivity contribution is 0.321. The lowest BCUT2D eigenvalue weighted by Crippen LogP contribution is -1.90. The van der Waals surface area contributed by atoms with Crippen molar-refractivity contribution in [1.29, 1.82) is 0 Å². The summed E-state index contributed by atoms with van der Waals surface area (Å²) < 4.78 is 0. The van der Waals surface area contributed by atoms with Crippen molar-refractivity contribution in [1.82, 2.24) is 0 Å². The standard InChI is InChI=1S/C10H13NO2/c1-7(2)8-3-4-10(12)9(5-8)6-11-13/h3-7,12-13H,1-2H3/b11-6+. The molecule has 0 aromatic heterocycles. The van der Waals surface area contributed by atoms with E-state index in [1.165, 1.54) is 6.21 Å². The van der Waals surface area contributed by atoms with Crippen molar-refractivity contribution in [2.45, 2.75) is 19.8 Å². The van der Waals surface area contributed by atoms with Gasteiger partial charge in [-0.25, -0.2) is 0 Å². The summed E-state index contributed by atoms with van der Waals surface area (Å²) in [5, 5.41) is 20.6. The van der Waals surface area contributed by atoms with Crippen LogP contribution in [0.1, 0.15) is 30.9 Å². The number of hydrogen-bond acceptors (Lipinski definition) is 3. The van der Waals surface area contributed by atoms with Crippen molar-refractivity contribution in [3.8, 4) is 5.75 Å². The molecule has 3 heteroatoms. The third-order valence-corrected chi connectivity index (χ3v) is 1.92. The molecule has 0 saturated heterocycles. The molecule has 0 heterocycles. The average molecular weight is 179 g/mol. The largest absolute Gasteiger partial charge is 0.507 e. The van der Waals surface area contributed by atoms with Crippen LogP contribution in [0.4, 0.5) is 0 Å². The topological polar surface area (TPSA) is 52.8 Å². The van der Waals surface area contributed by atoms with Crippen LogP contribution in [0.2, 0.25) is 0 Å². The molecule has 13 heavy (non-hydrogen) atoms. The maximum absolute atomic E-state index is 9.35. The van der Waals surface area contributed by atoms with E-state index in [0.717, 1.165) is 5.56 Å². The van der Waals surface area contributed by atoms with Crippen LogP contribution in [-0.4, -0.2) is 16.5 Å². The first-order chi connectivity index (χ1) is 6.15. The molecule has 0 spiro atoms. The van der Waals surface area contributed by atoms with Crippen LogP contribution < -0.4 is 0 Å².